The molecule has 0 saturated heterocycles. The summed E-state index contributed by atoms with van der Waals surface area (Å²) in [6, 6.07) is 22.0. The van der Waals surface area contributed by atoms with Crippen molar-refractivity contribution >= 4 is 116 Å². The number of hydrogen-bond donors (Lipinski definition) is 6. The van der Waals surface area contributed by atoms with Gasteiger partial charge in [-0.2, -0.15) is 0 Å². The van der Waals surface area contributed by atoms with E-state index in [1.165, 1.54) is 24.3 Å². The first-order valence-electron chi connectivity index (χ1n) is 19.8. The zero-order valence-electron chi connectivity index (χ0n) is 33.9. The van der Waals surface area contributed by atoms with Gasteiger partial charge in [-0.25, -0.2) is 9.59 Å². The second-order valence-electron chi connectivity index (χ2n) is 15.1. The number of nitrogens with one attached hydrogen (secondary N) is 4. The molecule has 14 nitrogen and oxygen atoms in total. The van der Waals surface area contributed by atoms with E-state index in [-0.39, 0.29) is 73.2 Å². The van der Waals surface area contributed by atoms with E-state index < -0.39 is 53.4 Å². The molecule has 0 aliphatic heterocycles. The number of aromatic hydroxyl groups is 2. The minimum Gasteiger partial charge on any atom is -0.507 e. The van der Waals surface area contributed by atoms with Gasteiger partial charge in [0.1, 0.15) is 23.7 Å². The maximum absolute atomic E-state index is 13.6. The van der Waals surface area contributed by atoms with Gasteiger partial charge in [-0.05, 0) is 82.1 Å². The molecule has 2 amide bonds. The molecule has 0 fully saturated rings. The summed E-state index contributed by atoms with van der Waals surface area (Å²) in [6.07, 6.45) is 0.405. The maximum atomic E-state index is 13.6. The molecule has 65 heavy (non-hydrogen) atoms. The van der Waals surface area contributed by atoms with Crippen molar-refractivity contribution in [3.8, 4) is 11.5 Å². The Hall–Kier alpha value is -6.08. The highest BCUT2D eigenvalue weighted by molar-refractivity contribution is 9.12. The van der Waals surface area contributed by atoms with Crippen LogP contribution in [0.5, 0.6) is 11.5 Å². The Balaban J connectivity index is 0.881. The number of anilines is 3. The highest BCUT2D eigenvalue weighted by Crippen LogP contribution is 2.43. The van der Waals surface area contributed by atoms with Crippen molar-refractivity contribution in [2.75, 3.05) is 17.3 Å². The summed E-state index contributed by atoms with van der Waals surface area (Å²) in [6.45, 7) is 2.99. The van der Waals surface area contributed by atoms with Crippen molar-refractivity contribution in [3.63, 3.8) is 0 Å². The fraction of sp³-hybridized carbons (Fsp3) is 0.149. The zero-order valence-corrected chi connectivity index (χ0v) is 40.3. The van der Waals surface area contributed by atoms with E-state index >= 15 is 0 Å². The molecule has 330 valence electrons. The predicted molar refractivity (Wildman–Crippen MR) is 255 cm³/mol. The number of amides is 2. The average Bonchev–Trinajstić information content (AvgIpc) is 3.27. The van der Waals surface area contributed by atoms with Crippen LogP contribution in [-0.2, 0) is 9.47 Å². The van der Waals surface area contributed by atoms with Gasteiger partial charge in [0.25, 0.3) is 0 Å². The molecule has 0 aromatic heterocycles. The van der Waals surface area contributed by atoms with Crippen LogP contribution in [0.15, 0.2) is 116 Å². The summed E-state index contributed by atoms with van der Waals surface area (Å²) in [5.74, 6) is -2.85. The summed E-state index contributed by atoms with van der Waals surface area (Å²) in [5.41, 5.74) is 2.82. The molecule has 0 heterocycles. The van der Waals surface area contributed by atoms with Gasteiger partial charge in [-0.1, -0.05) is 92.5 Å². The maximum Gasteiger partial charge on any atom is 0.409 e. The number of alkyl halides is 1. The number of benzene rings is 5. The van der Waals surface area contributed by atoms with Gasteiger partial charge in [0.2, 0.25) is 0 Å². The number of carbonyl (C=O) groups is 6. The zero-order chi connectivity index (χ0) is 46.4. The molecular formula is C47H34Br4N4O10. The van der Waals surface area contributed by atoms with Crippen molar-refractivity contribution < 1.29 is 48.5 Å². The molecule has 18 heteroatoms. The van der Waals surface area contributed by atoms with Crippen LogP contribution in [-0.4, -0.2) is 63.1 Å². The van der Waals surface area contributed by atoms with E-state index in [1.807, 2.05) is 6.08 Å². The van der Waals surface area contributed by atoms with Crippen LogP contribution in [0.3, 0.4) is 0 Å². The summed E-state index contributed by atoms with van der Waals surface area (Å²) in [5, 5.41) is 32.7. The van der Waals surface area contributed by atoms with Gasteiger partial charge in [-0.3, -0.25) is 19.2 Å². The first-order valence-corrected chi connectivity index (χ1v) is 23.1. The summed E-state index contributed by atoms with van der Waals surface area (Å²) >= 11 is 14.2. The fourth-order valence-electron chi connectivity index (χ4n) is 7.83. The Bertz CT molecular complexity index is 2970. The fourth-order valence-corrected chi connectivity index (χ4v) is 11.0. The van der Waals surface area contributed by atoms with Crippen LogP contribution < -0.4 is 21.3 Å². The highest BCUT2D eigenvalue weighted by Gasteiger charge is 2.37. The summed E-state index contributed by atoms with van der Waals surface area (Å²) in [7, 11) is 0. The number of halogens is 4. The van der Waals surface area contributed by atoms with Crippen LogP contribution in [0.2, 0.25) is 0 Å². The van der Waals surface area contributed by atoms with Gasteiger partial charge in [-0.15, -0.1) is 0 Å². The second-order valence-corrected chi connectivity index (χ2v) is 18.7. The predicted octanol–water partition coefficient (Wildman–Crippen LogP) is 10.4. The smallest absolute Gasteiger partial charge is 0.409 e. The minimum atomic E-state index is -0.855. The number of phenolic OH excluding ortho intramolecular Hbond substituents is 2. The number of ketones is 4. The Morgan fingerprint density at radius 3 is 1.62 bits per heavy atom. The molecule has 0 radical (unpaired) electrons. The molecule has 3 aliphatic rings. The Labute approximate surface area is 404 Å². The lowest BCUT2D eigenvalue weighted by atomic mass is 9.82. The van der Waals surface area contributed by atoms with Crippen molar-refractivity contribution in [1.29, 1.82) is 0 Å². The lowest BCUT2D eigenvalue weighted by Crippen LogP contribution is -2.40. The molecule has 8 rings (SSSR count). The third kappa shape index (κ3) is 8.74. The van der Waals surface area contributed by atoms with E-state index in [0.717, 1.165) is 0 Å². The van der Waals surface area contributed by atoms with Crippen LogP contribution in [0.4, 0.5) is 26.7 Å². The third-order valence-corrected chi connectivity index (χ3v) is 14.0. The van der Waals surface area contributed by atoms with Crippen molar-refractivity contribution in [2.45, 2.75) is 30.9 Å². The van der Waals surface area contributed by atoms with E-state index in [9.17, 15) is 39.0 Å². The lowest BCUT2D eigenvalue weighted by Gasteiger charge is -2.30. The Morgan fingerprint density at radius 1 is 0.615 bits per heavy atom. The van der Waals surface area contributed by atoms with E-state index in [4.69, 9.17) is 9.47 Å². The average molecular weight is 1130 g/mol. The molecule has 6 N–H and O–H groups in total. The Kier molecular flexibility index (Phi) is 12.9. The molecule has 5 aromatic rings. The first-order chi connectivity index (χ1) is 31.0. The minimum absolute atomic E-state index is 0.0250. The molecule has 4 unspecified atom stereocenters. The van der Waals surface area contributed by atoms with Gasteiger partial charge in [0.15, 0.2) is 23.1 Å². The SMILES string of the molecule is CC(OC(=O)NCNC(=O)OC(C)C1C=C(Nc2ccc(O)c3c2C(=O)c2ccccc2C3=O)C(Br)=CC1Br)c1cc(Nc2ccc(O)c3c2C(=O)c2ccccc2C3=O)c(Br)cc1Br. The molecule has 0 saturated carbocycles. The summed E-state index contributed by atoms with van der Waals surface area (Å²) in [4.78, 5) is 79.5. The normalized spacial score (nSPS) is 17.0. The number of hydrogen-bond acceptors (Lipinski definition) is 12. The first kappa shape index (κ1) is 45.5. The number of ether oxygens (including phenoxy) is 2. The number of phenols is 2. The van der Waals surface area contributed by atoms with Gasteiger partial charge >= 0.3 is 12.2 Å². The molecular weight excluding hydrogens is 1100 g/mol. The Morgan fingerprint density at radius 2 is 1.09 bits per heavy atom. The number of rotatable bonds is 10. The van der Waals surface area contributed by atoms with Crippen molar-refractivity contribution in [3.05, 3.63) is 166 Å². The number of allylic oxidation sites excluding steroid dienone is 2. The van der Waals surface area contributed by atoms with Crippen molar-refractivity contribution in [1.82, 2.24) is 10.6 Å². The molecule has 0 bridgehead atoms. The van der Waals surface area contributed by atoms with Gasteiger partial charge < -0.3 is 41.0 Å². The third-order valence-electron chi connectivity index (χ3n) is 11.0. The van der Waals surface area contributed by atoms with E-state index in [2.05, 4.69) is 85.0 Å². The van der Waals surface area contributed by atoms with Crippen LogP contribution in [0.1, 0.15) is 89.2 Å². The highest BCUT2D eigenvalue weighted by atomic mass is 79.9. The summed E-state index contributed by atoms with van der Waals surface area (Å²) < 4.78 is 13.1. The topological polar surface area (TPSA) is 209 Å². The standard InChI is InChI=1S/C47H34Br4N4O10/c1-20(26-15-34(30(50)17-28(26)48)54-32-11-13-36(56)40-38(32)42(58)22-7-3-5-9-24(22)44(40)60)64-46(62)52-19-53-47(63)65-21(2)27-16-35(31(51)18-29(27)49)55-33-12-14-37(57)41-39(33)43(59)23-8-4-6-10-25(23)45(41)61/h3-18,20-21,26,28,54-57H,19H2,1-2H3,(H,52,62)(H,53,63). The van der Waals surface area contributed by atoms with Crippen LogP contribution in [0, 0.1) is 5.92 Å². The van der Waals surface area contributed by atoms with Gasteiger partial charge in [0, 0.05) is 57.7 Å². The van der Waals surface area contributed by atoms with Crippen LogP contribution in [0.25, 0.3) is 0 Å². The van der Waals surface area contributed by atoms with Gasteiger partial charge in [0.05, 0.1) is 46.0 Å². The van der Waals surface area contributed by atoms with Crippen LogP contribution >= 0.6 is 63.7 Å². The second kappa shape index (κ2) is 18.4. The monoisotopic (exact) mass is 1130 g/mol. The number of fused-ring (bicyclic) bond motifs is 4. The molecule has 4 atom stereocenters. The van der Waals surface area contributed by atoms with E-state index in [0.29, 0.717) is 36.1 Å². The number of carbonyl (C=O) groups excluding carboxylic acids is 6. The van der Waals surface area contributed by atoms with Crippen molar-refractivity contribution in [2.24, 2.45) is 5.92 Å². The molecule has 3 aliphatic carbocycles. The lowest BCUT2D eigenvalue weighted by molar-refractivity contribution is 0.0841. The molecule has 5 aromatic carbocycles. The number of alkyl carbamates (subject to hydrolysis) is 2. The molecule has 0 spiro atoms. The largest absolute Gasteiger partial charge is 0.507 e. The van der Waals surface area contributed by atoms with E-state index in [1.54, 1.807) is 80.6 Å². The quantitative estimate of drug-likeness (QED) is 0.0429.